The van der Waals surface area contributed by atoms with Gasteiger partial charge >= 0.3 is 0 Å². The average molecular weight is 388 g/mol. The number of morpholine rings is 1. The maximum Gasteiger partial charge on any atom is 0.216 e. The van der Waals surface area contributed by atoms with E-state index in [1.807, 2.05) is 45.2 Å². The molecule has 1 fully saturated rings. The Morgan fingerprint density at radius 3 is 2.74 bits per heavy atom. The van der Waals surface area contributed by atoms with Crippen LogP contribution in [0.3, 0.4) is 0 Å². The molecule has 1 atom stereocenters. The molecule has 2 aromatic rings. The Morgan fingerprint density at radius 1 is 1.26 bits per heavy atom. The lowest BCUT2D eigenvalue weighted by atomic mass is 10.1. The van der Waals surface area contributed by atoms with Gasteiger partial charge in [0, 0.05) is 36.2 Å². The van der Waals surface area contributed by atoms with Crippen molar-refractivity contribution in [3.05, 3.63) is 36.4 Å². The highest BCUT2D eigenvalue weighted by atomic mass is 32.2. The van der Waals surface area contributed by atoms with Crippen molar-refractivity contribution in [2.24, 2.45) is 0 Å². The number of hydrogen-bond acceptors (Lipinski definition) is 6. The number of pyridine rings is 1. The highest BCUT2D eigenvalue weighted by Gasteiger charge is 2.22. The van der Waals surface area contributed by atoms with E-state index in [2.05, 4.69) is 34.7 Å². The van der Waals surface area contributed by atoms with E-state index in [0.717, 1.165) is 42.4 Å². The lowest BCUT2D eigenvalue weighted by molar-refractivity contribution is 0.0986. The molecule has 146 valence electrons. The number of ether oxygens (including phenoxy) is 2. The Kier molecular flexibility index (Phi) is 6.17. The zero-order chi connectivity index (χ0) is 19.4. The van der Waals surface area contributed by atoms with Gasteiger partial charge in [-0.3, -0.25) is 0 Å². The summed E-state index contributed by atoms with van der Waals surface area (Å²) in [7, 11) is 0. The van der Waals surface area contributed by atoms with Gasteiger partial charge in [0.05, 0.1) is 24.6 Å². The third-order valence-electron chi connectivity index (χ3n) is 4.31. The molecule has 1 unspecified atom stereocenters. The van der Waals surface area contributed by atoms with Gasteiger partial charge in [-0.25, -0.2) is 4.98 Å². The van der Waals surface area contributed by atoms with Crippen LogP contribution in [0.1, 0.15) is 27.7 Å². The standard InChI is InChI=1S/C21H29N3O2S/c1-15-14-25-11-10-24(15)16-12-19(22-20(13-16)26-21(2,3)4)17-8-6-7-9-18(17)23-27-5/h6-9,12-13,15,23H,10-11,14H2,1-5H3. The van der Waals surface area contributed by atoms with Crippen LogP contribution in [0.25, 0.3) is 11.3 Å². The van der Waals surface area contributed by atoms with Gasteiger partial charge < -0.3 is 19.1 Å². The highest BCUT2D eigenvalue weighted by molar-refractivity contribution is 7.99. The van der Waals surface area contributed by atoms with Crippen molar-refractivity contribution in [2.45, 2.75) is 39.3 Å². The molecule has 0 spiro atoms. The topological polar surface area (TPSA) is 46.6 Å². The first-order chi connectivity index (χ1) is 12.9. The minimum Gasteiger partial charge on any atom is -0.472 e. The summed E-state index contributed by atoms with van der Waals surface area (Å²) in [6.07, 6.45) is 2.02. The summed E-state index contributed by atoms with van der Waals surface area (Å²) in [5.74, 6) is 0.646. The first-order valence-corrected chi connectivity index (χ1v) is 10.5. The molecule has 27 heavy (non-hydrogen) atoms. The first-order valence-electron chi connectivity index (χ1n) is 9.31. The summed E-state index contributed by atoms with van der Waals surface area (Å²) in [6.45, 7) is 10.7. The van der Waals surface area contributed by atoms with Gasteiger partial charge in [-0.15, -0.1) is 0 Å². The number of nitrogens with zero attached hydrogens (tertiary/aromatic N) is 2. The quantitative estimate of drug-likeness (QED) is 0.741. The van der Waals surface area contributed by atoms with Crippen LogP contribution in [0.2, 0.25) is 0 Å². The summed E-state index contributed by atoms with van der Waals surface area (Å²) in [4.78, 5) is 7.19. The van der Waals surface area contributed by atoms with Crippen LogP contribution in [0.4, 0.5) is 11.4 Å². The third-order valence-corrected chi connectivity index (χ3v) is 4.74. The number of anilines is 2. The van der Waals surface area contributed by atoms with Crippen LogP contribution >= 0.6 is 11.9 Å². The monoisotopic (exact) mass is 387 g/mol. The molecule has 1 aromatic heterocycles. The number of para-hydroxylation sites is 1. The number of nitrogens with one attached hydrogen (secondary N) is 1. The molecule has 6 heteroatoms. The molecular formula is C21H29N3O2S. The second-order valence-electron chi connectivity index (χ2n) is 7.73. The molecule has 0 aliphatic carbocycles. The molecular weight excluding hydrogens is 358 g/mol. The molecule has 1 aliphatic rings. The smallest absolute Gasteiger partial charge is 0.216 e. The molecule has 1 N–H and O–H groups in total. The zero-order valence-corrected chi connectivity index (χ0v) is 17.6. The molecule has 0 bridgehead atoms. The van der Waals surface area contributed by atoms with E-state index >= 15 is 0 Å². The number of aromatic nitrogens is 1. The highest BCUT2D eigenvalue weighted by Crippen LogP contribution is 2.34. The Morgan fingerprint density at radius 2 is 2.04 bits per heavy atom. The Balaban J connectivity index is 2.07. The molecule has 3 rings (SSSR count). The summed E-state index contributed by atoms with van der Waals surface area (Å²) in [5.41, 5.74) is 3.83. The fourth-order valence-corrected chi connectivity index (χ4v) is 3.58. The van der Waals surface area contributed by atoms with Crippen LogP contribution in [0.15, 0.2) is 36.4 Å². The lowest BCUT2D eigenvalue weighted by Crippen LogP contribution is -2.43. The molecule has 1 aromatic carbocycles. The summed E-state index contributed by atoms with van der Waals surface area (Å²) in [5, 5.41) is 0. The molecule has 0 saturated carbocycles. The number of benzene rings is 1. The molecule has 0 radical (unpaired) electrons. The molecule has 1 aliphatic heterocycles. The van der Waals surface area contributed by atoms with E-state index in [-0.39, 0.29) is 5.60 Å². The van der Waals surface area contributed by atoms with Gasteiger partial charge in [-0.2, -0.15) is 0 Å². The summed E-state index contributed by atoms with van der Waals surface area (Å²) < 4.78 is 15.1. The van der Waals surface area contributed by atoms with Crippen molar-refractivity contribution in [2.75, 3.05) is 35.6 Å². The van der Waals surface area contributed by atoms with E-state index in [1.165, 1.54) is 0 Å². The predicted octanol–water partition coefficient (Wildman–Crippen LogP) is 4.84. The van der Waals surface area contributed by atoms with Crippen LogP contribution in [-0.2, 0) is 4.74 Å². The maximum atomic E-state index is 6.14. The molecule has 1 saturated heterocycles. The average Bonchev–Trinajstić information content (AvgIpc) is 2.61. The van der Waals surface area contributed by atoms with Crippen LogP contribution in [0.5, 0.6) is 5.88 Å². The van der Waals surface area contributed by atoms with Crippen LogP contribution < -0.4 is 14.4 Å². The van der Waals surface area contributed by atoms with Gasteiger partial charge in [-0.1, -0.05) is 30.1 Å². The fraction of sp³-hybridized carbons (Fsp3) is 0.476. The van der Waals surface area contributed by atoms with Crippen molar-refractivity contribution >= 4 is 23.3 Å². The van der Waals surface area contributed by atoms with E-state index < -0.39 is 0 Å². The number of hydrogen-bond donors (Lipinski definition) is 1. The molecule has 5 nitrogen and oxygen atoms in total. The first kappa shape index (κ1) is 19.8. The Bertz CT molecular complexity index is 776. The van der Waals surface area contributed by atoms with Crippen LogP contribution in [0, 0.1) is 0 Å². The summed E-state index contributed by atoms with van der Waals surface area (Å²) in [6, 6.07) is 12.7. The van der Waals surface area contributed by atoms with E-state index in [0.29, 0.717) is 11.9 Å². The van der Waals surface area contributed by atoms with E-state index in [4.69, 9.17) is 14.5 Å². The van der Waals surface area contributed by atoms with Crippen molar-refractivity contribution in [3.63, 3.8) is 0 Å². The van der Waals surface area contributed by atoms with E-state index in [1.54, 1.807) is 11.9 Å². The van der Waals surface area contributed by atoms with Crippen molar-refractivity contribution < 1.29 is 9.47 Å². The van der Waals surface area contributed by atoms with E-state index in [9.17, 15) is 0 Å². The SMILES string of the molecule is CSNc1ccccc1-c1cc(N2CCOCC2C)cc(OC(C)(C)C)n1. The van der Waals surface area contributed by atoms with Gasteiger partial charge in [0.2, 0.25) is 5.88 Å². The van der Waals surface area contributed by atoms with Crippen molar-refractivity contribution in [3.8, 4) is 17.1 Å². The lowest BCUT2D eigenvalue weighted by Gasteiger charge is -2.35. The Labute approximate surface area is 166 Å². The third kappa shape index (κ3) is 5.08. The van der Waals surface area contributed by atoms with Crippen molar-refractivity contribution in [1.29, 1.82) is 0 Å². The van der Waals surface area contributed by atoms with Crippen molar-refractivity contribution in [1.82, 2.24) is 4.98 Å². The second-order valence-corrected chi connectivity index (χ2v) is 8.34. The zero-order valence-electron chi connectivity index (χ0n) is 16.8. The minimum atomic E-state index is -0.309. The van der Waals surface area contributed by atoms with Gasteiger partial charge in [0.1, 0.15) is 5.60 Å². The summed E-state index contributed by atoms with van der Waals surface area (Å²) >= 11 is 1.57. The van der Waals surface area contributed by atoms with Gasteiger partial charge in [-0.05, 0) is 39.8 Å². The van der Waals surface area contributed by atoms with Crippen LogP contribution in [-0.4, -0.2) is 42.6 Å². The minimum absolute atomic E-state index is 0.309. The number of rotatable bonds is 5. The Hall–Kier alpha value is -1.92. The molecule has 0 amide bonds. The molecule has 2 heterocycles. The van der Waals surface area contributed by atoms with Gasteiger partial charge in [0.15, 0.2) is 0 Å². The second kappa shape index (κ2) is 8.40. The predicted molar refractivity (Wildman–Crippen MR) is 115 cm³/mol. The van der Waals surface area contributed by atoms with Gasteiger partial charge in [0.25, 0.3) is 0 Å². The fourth-order valence-electron chi connectivity index (χ4n) is 3.18. The maximum absolute atomic E-state index is 6.14. The normalized spacial score (nSPS) is 17.7. The largest absolute Gasteiger partial charge is 0.472 e.